The highest BCUT2D eigenvalue weighted by Gasteiger charge is 2.29. The van der Waals surface area contributed by atoms with Crippen LogP contribution in [-0.4, -0.2) is 68.9 Å². The van der Waals surface area contributed by atoms with Crippen molar-refractivity contribution in [2.45, 2.75) is 19.4 Å². The fourth-order valence-electron chi connectivity index (χ4n) is 3.02. The number of benzene rings is 1. The molecule has 144 valence electrons. The molecule has 1 N–H and O–H groups in total. The molecule has 27 heavy (non-hydrogen) atoms. The first kappa shape index (κ1) is 18.9. The molecule has 1 aliphatic rings. The lowest BCUT2D eigenvalue weighted by Gasteiger charge is -2.40. The maximum Gasteiger partial charge on any atom is 0.295 e. The van der Waals surface area contributed by atoms with Gasteiger partial charge in [0.2, 0.25) is 0 Å². The van der Waals surface area contributed by atoms with E-state index in [0.717, 1.165) is 13.1 Å². The highest BCUT2D eigenvalue weighted by Crippen LogP contribution is 2.23. The standard InChI is InChI=1S/C17H22N6O4/c1-17(2,21-5-7-27-8-6-21)10-19-16(24)13-3-4-14(15(9-13)23(25)26)22-12-18-11-20-22/h3-4,9,11-12H,5-8,10H2,1-2H3,(H,19,24). The highest BCUT2D eigenvalue weighted by atomic mass is 16.6. The molecule has 1 aromatic heterocycles. The molecule has 0 aliphatic carbocycles. The Morgan fingerprint density at radius 1 is 1.37 bits per heavy atom. The van der Waals surface area contributed by atoms with Gasteiger partial charge in [-0.1, -0.05) is 0 Å². The number of hydrogen-bond donors (Lipinski definition) is 1. The number of nitrogens with zero attached hydrogens (tertiary/aromatic N) is 5. The Morgan fingerprint density at radius 3 is 2.74 bits per heavy atom. The second-order valence-electron chi connectivity index (χ2n) is 6.90. The third kappa shape index (κ3) is 4.29. The molecule has 1 amide bonds. The fourth-order valence-corrected chi connectivity index (χ4v) is 3.02. The SMILES string of the molecule is CC(C)(CNC(=O)c1ccc(-n2cncn2)c([N+](=O)[O-])c1)N1CCOCC1. The third-order valence-electron chi connectivity index (χ3n) is 4.65. The average molecular weight is 374 g/mol. The summed E-state index contributed by atoms with van der Waals surface area (Å²) in [6, 6.07) is 4.30. The van der Waals surface area contributed by atoms with Gasteiger partial charge in [-0.3, -0.25) is 19.8 Å². The first-order valence-corrected chi connectivity index (χ1v) is 8.63. The van der Waals surface area contributed by atoms with Crippen LogP contribution in [-0.2, 0) is 4.74 Å². The summed E-state index contributed by atoms with van der Waals surface area (Å²) in [6.45, 7) is 7.48. The normalized spacial score (nSPS) is 15.5. The molecule has 2 heterocycles. The molecule has 3 rings (SSSR count). The topological polar surface area (TPSA) is 115 Å². The minimum Gasteiger partial charge on any atom is -0.379 e. The number of amides is 1. The van der Waals surface area contributed by atoms with Gasteiger partial charge in [0.25, 0.3) is 11.6 Å². The Bertz CT molecular complexity index is 815. The number of hydrogen-bond acceptors (Lipinski definition) is 7. The van der Waals surface area contributed by atoms with Gasteiger partial charge in [0, 0.05) is 36.8 Å². The minimum atomic E-state index is -0.536. The van der Waals surface area contributed by atoms with Crippen molar-refractivity contribution in [1.29, 1.82) is 0 Å². The van der Waals surface area contributed by atoms with Crippen molar-refractivity contribution in [2.75, 3.05) is 32.8 Å². The maximum absolute atomic E-state index is 12.5. The second-order valence-corrected chi connectivity index (χ2v) is 6.90. The quantitative estimate of drug-likeness (QED) is 0.593. The van der Waals surface area contributed by atoms with E-state index in [1.165, 1.54) is 29.5 Å². The molecule has 10 nitrogen and oxygen atoms in total. The number of morpholine rings is 1. The van der Waals surface area contributed by atoms with Crippen molar-refractivity contribution in [2.24, 2.45) is 0 Å². The van der Waals surface area contributed by atoms with E-state index in [1.54, 1.807) is 6.07 Å². The van der Waals surface area contributed by atoms with E-state index in [2.05, 4.69) is 34.1 Å². The lowest BCUT2D eigenvalue weighted by atomic mass is 10.0. The molecule has 0 bridgehead atoms. The summed E-state index contributed by atoms with van der Waals surface area (Å²) < 4.78 is 6.66. The van der Waals surface area contributed by atoms with Gasteiger partial charge in [0.1, 0.15) is 18.3 Å². The molecule has 0 spiro atoms. The molecule has 1 saturated heterocycles. The van der Waals surface area contributed by atoms with Gasteiger partial charge in [-0.05, 0) is 26.0 Å². The molecule has 0 radical (unpaired) electrons. The van der Waals surface area contributed by atoms with Gasteiger partial charge >= 0.3 is 0 Å². The van der Waals surface area contributed by atoms with Crippen LogP contribution in [0.2, 0.25) is 0 Å². The van der Waals surface area contributed by atoms with Crippen LogP contribution >= 0.6 is 0 Å². The van der Waals surface area contributed by atoms with Gasteiger partial charge in [0.15, 0.2) is 0 Å². The van der Waals surface area contributed by atoms with E-state index in [-0.39, 0.29) is 28.4 Å². The van der Waals surface area contributed by atoms with E-state index in [0.29, 0.717) is 19.8 Å². The molecule has 0 atom stereocenters. The summed E-state index contributed by atoms with van der Waals surface area (Å²) in [5.74, 6) is -0.357. The largest absolute Gasteiger partial charge is 0.379 e. The smallest absolute Gasteiger partial charge is 0.295 e. The van der Waals surface area contributed by atoms with E-state index >= 15 is 0 Å². The summed E-state index contributed by atoms with van der Waals surface area (Å²) in [4.78, 5) is 29.5. The van der Waals surface area contributed by atoms with Crippen LogP contribution in [0, 0.1) is 10.1 Å². The summed E-state index contributed by atoms with van der Waals surface area (Å²) in [6.07, 6.45) is 2.66. The first-order valence-electron chi connectivity index (χ1n) is 8.63. The van der Waals surface area contributed by atoms with Crippen LogP contribution < -0.4 is 5.32 Å². The zero-order chi connectivity index (χ0) is 19.4. The Balaban J connectivity index is 1.73. The highest BCUT2D eigenvalue weighted by molar-refractivity contribution is 5.95. The molecule has 2 aromatic rings. The monoisotopic (exact) mass is 374 g/mol. The van der Waals surface area contributed by atoms with Crippen molar-refractivity contribution >= 4 is 11.6 Å². The van der Waals surface area contributed by atoms with Crippen molar-refractivity contribution in [1.82, 2.24) is 25.0 Å². The number of nitro groups is 1. The van der Waals surface area contributed by atoms with Gasteiger partial charge in [-0.25, -0.2) is 9.67 Å². The number of carbonyl (C=O) groups is 1. The van der Waals surface area contributed by atoms with Gasteiger partial charge in [-0.2, -0.15) is 5.10 Å². The van der Waals surface area contributed by atoms with Crippen molar-refractivity contribution in [3.05, 3.63) is 46.5 Å². The molecule has 1 aliphatic heterocycles. The third-order valence-corrected chi connectivity index (χ3v) is 4.65. The first-order chi connectivity index (χ1) is 12.9. The lowest BCUT2D eigenvalue weighted by Crippen LogP contribution is -2.55. The molecule has 0 unspecified atom stereocenters. The lowest BCUT2D eigenvalue weighted by molar-refractivity contribution is -0.384. The number of ether oxygens (including phenoxy) is 1. The number of nitrogens with one attached hydrogen (secondary N) is 1. The second kappa shape index (κ2) is 7.80. The number of rotatable bonds is 6. The Hall–Kier alpha value is -2.85. The summed E-state index contributed by atoms with van der Waals surface area (Å²) in [7, 11) is 0. The van der Waals surface area contributed by atoms with Gasteiger partial charge < -0.3 is 10.1 Å². The molecule has 1 fully saturated rings. The van der Waals surface area contributed by atoms with Gasteiger partial charge in [-0.15, -0.1) is 0 Å². The van der Waals surface area contributed by atoms with Crippen LogP contribution in [0.3, 0.4) is 0 Å². The predicted octanol–water partition coefficient (Wildman–Crippen LogP) is 1.02. The Labute approximate surface area is 156 Å². The van der Waals surface area contributed by atoms with Crippen LogP contribution in [0.15, 0.2) is 30.9 Å². The van der Waals surface area contributed by atoms with Crippen LogP contribution in [0.25, 0.3) is 5.69 Å². The Kier molecular flexibility index (Phi) is 5.47. The molecular formula is C17H22N6O4. The van der Waals surface area contributed by atoms with Crippen LogP contribution in [0.4, 0.5) is 5.69 Å². The Morgan fingerprint density at radius 2 is 2.11 bits per heavy atom. The zero-order valence-electron chi connectivity index (χ0n) is 15.3. The van der Waals surface area contributed by atoms with E-state index in [4.69, 9.17) is 4.74 Å². The van der Waals surface area contributed by atoms with Crippen LogP contribution in [0.1, 0.15) is 24.2 Å². The van der Waals surface area contributed by atoms with E-state index < -0.39 is 4.92 Å². The molecule has 1 aromatic carbocycles. The van der Waals surface area contributed by atoms with Crippen molar-refractivity contribution in [3.63, 3.8) is 0 Å². The van der Waals surface area contributed by atoms with E-state index in [1.807, 2.05) is 0 Å². The van der Waals surface area contributed by atoms with Crippen molar-refractivity contribution < 1.29 is 14.5 Å². The maximum atomic E-state index is 12.5. The summed E-state index contributed by atoms with van der Waals surface area (Å²) >= 11 is 0. The van der Waals surface area contributed by atoms with Crippen molar-refractivity contribution in [3.8, 4) is 5.69 Å². The van der Waals surface area contributed by atoms with Crippen LogP contribution in [0.5, 0.6) is 0 Å². The predicted molar refractivity (Wildman–Crippen MR) is 96.8 cm³/mol. The number of nitro benzene ring substituents is 1. The number of carbonyl (C=O) groups excluding carboxylic acids is 1. The fraction of sp³-hybridized carbons (Fsp3) is 0.471. The number of aromatic nitrogens is 3. The average Bonchev–Trinajstić information content (AvgIpc) is 3.21. The summed E-state index contributed by atoms with van der Waals surface area (Å²) in [5, 5.41) is 18.2. The molecule has 0 saturated carbocycles. The van der Waals surface area contributed by atoms with Gasteiger partial charge in [0.05, 0.1) is 18.1 Å². The molecular weight excluding hydrogens is 352 g/mol. The zero-order valence-corrected chi connectivity index (χ0v) is 15.3. The minimum absolute atomic E-state index is 0.208. The molecule has 10 heteroatoms. The summed E-state index contributed by atoms with van der Waals surface area (Å²) in [5.41, 5.74) is 0.0260. The van der Waals surface area contributed by atoms with E-state index in [9.17, 15) is 14.9 Å².